The van der Waals surface area contributed by atoms with Crippen molar-refractivity contribution in [2.24, 2.45) is 5.92 Å². The van der Waals surface area contributed by atoms with Crippen LogP contribution in [0.2, 0.25) is 0 Å². The molecular formula is C14H18O2. The van der Waals surface area contributed by atoms with E-state index in [1.807, 2.05) is 24.3 Å². The van der Waals surface area contributed by atoms with Crippen LogP contribution in [-0.2, 0) is 11.2 Å². The van der Waals surface area contributed by atoms with Crippen molar-refractivity contribution in [3.63, 3.8) is 0 Å². The molecule has 0 aromatic heterocycles. The summed E-state index contributed by atoms with van der Waals surface area (Å²) in [7, 11) is 0. The second kappa shape index (κ2) is 6.31. The second-order valence-electron chi connectivity index (χ2n) is 4.40. The van der Waals surface area contributed by atoms with E-state index in [1.165, 1.54) is 5.56 Å². The van der Waals surface area contributed by atoms with Gasteiger partial charge < -0.3 is 5.11 Å². The van der Waals surface area contributed by atoms with Gasteiger partial charge in [-0.2, -0.15) is 0 Å². The Hall–Kier alpha value is -1.31. The monoisotopic (exact) mass is 218 g/mol. The molecule has 1 rings (SSSR count). The molecule has 1 aromatic rings. The van der Waals surface area contributed by atoms with Gasteiger partial charge in [0, 0.05) is 7.43 Å². The van der Waals surface area contributed by atoms with Crippen LogP contribution < -0.4 is 0 Å². The zero-order valence-electron chi connectivity index (χ0n) is 10.0. The molecule has 2 heteroatoms. The van der Waals surface area contributed by atoms with Crippen molar-refractivity contribution in [3.05, 3.63) is 42.8 Å². The molecule has 0 saturated heterocycles. The van der Waals surface area contributed by atoms with Crippen LogP contribution in [-0.4, -0.2) is 11.1 Å². The fraction of sp³-hybridized carbons (Fsp3) is 0.429. The van der Waals surface area contributed by atoms with E-state index in [1.54, 1.807) is 6.92 Å². The van der Waals surface area contributed by atoms with Gasteiger partial charge in [-0.25, -0.2) is 0 Å². The van der Waals surface area contributed by atoms with E-state index >= 15 is 0 Å². The molecule has 1 atom stereocenters. The lowest BCUT2D eigenvalue weighted by Crippen LogP contribution is -2.07. The van der Waals surface area contributed by atoms with Gasteiger partial charge in [0.1, 0.15) is 0 Å². The van der Waals surface area contributed by atoms with E-state index in [4.69, 9.17) is 5.11 Å². The SMILES string of the molecule is CC(C)Cc1ccc(C(C)C(=O)O)cc1.[C]. The molecule has 4 radical (unpaired) electrons. The molecule has 86 valence electrons. The Morgan fingerprint density at radius 3 is 2.06 bits per heavy atom. The van der Waals surface area contributed by atoms with Gasteiger partial charge in [-0.1, -0.05) is 38.1 Å². The zero-order valence-corrected chi connectivity index (χ0v) is 10.0. The first-order valence-electron chi connectivity index (χ1n) is 5.32. The third-order valence-corrected chi connectivity index (χ3v) is 2.49. The van der Waals surface area contributed by atoms with Crippen LogP contribution in [0.15, 0.2) is 24.3 Å². The summed E-state index contributed by atoms with van der Waals surface area (Å²) in [5.74, 6) is -0.558. The predicted molar refractivity (Wildman–Crippen MR) is 64.3 cm³/mol. The van der Waals surface area contributed by atoms with Gasteiger partial charge in [-0.15, -0.1) is 0 Å². The molecule has 0 aliphatic rings. The fourth-order valence-corrected chi connectivity index (χ4v) is 1.56. The standard InChI is InChI=1S/C13H18O2.C/c1-9(2)8-11-4-6-12(7-5-11)10(3)13(14)15;/h4-7,9-10H,8H2,1-3H3,(H,14,15);. The molecule has 1 unspecified atom stereocenters. The summed E-state index contributed by atoms with van der Waals surface area (Å²) in [4.78, 5) is 10.8. The van der Waals surface area contributed by atoms with E-state index in [2.05, 4.69) is 13.8 Å². The maximum atomic E-state index is 10.8. The predicted octanol–water partition coefficient (Wildman–Crippen LogP) is 3.15. The summed E-state index contributed by atoms with van der Waals surface area (Å²) in [6, 6.07) is 7.87. The van der Waals surface area contributed by atoms with Gasteiger partial charge >= 0.3 is 5.97 Å². The maximum absolute atomic E-state index is 10.8. The number of benzene rings is 1. The quantitative estimate of drug-likeness (QED) is 0.842. The normalized spacial score (nSPS) is 12.0. The third-order valence-electron chi connectivity index (χ3n) is 2.49. The van der Waals surface area contributed by atoms with Crippen molar-refractivity contribution < 1.29 is 9.90 Å². The number of rotatable bonds is 4. The van der Waals surface area contributed by atoms with Crippen LogP contribution in [0.4, 0.5) is 0 Å². The number of aliphatic carboxylic acids is 1. The average Bonchev–Trinajstić information content (AvgIpc) is 2.17. The van der Waals surface area contributed by atoms with Gasteiger partial charge in [-0.05, 0) is 30.4 Å². The minimum Gasteiger partial charge on any atom is -0.481 e. The molecule has 0 amide bonds. The van der Waals surface area contributed by atoms with Crippen molar-refractivity contribution in [3.8, 4) is 0 Å². The maximum Gasteiger partial charge on any atom is 0.310 e. The third kappa shape index (κ3) is 4.05. The van der Waals surface area contributed by atoms with Crippen molar-refractivity contribution in [2.75, 3.05) is 0 Å². The molecule has 1 aromatic carbocycles. The first-order valence-corrected chi connectivity index (χ1v) is 5.32. The Labute approximate surface area is 98.3 Å². The lowest BCUT2D eigenvalue weighted by molar-refractivity contribution is -0.138. The smallest absolute Gasteiger partial charge is 0.310 e. The molecule has 1 N–H and O–H groups in total. The summed E-state index contributed by atoms with van der Waals surface area (Å²) in [5.41, 5.74) is 2.14. The molecule has 0 aliphatic carbocycles. The fourth-order valence-electron chi connectivity index (χ4n) is 1.56. The summed E-state index contributed by atoms with van der Waals surface area (Å²) < 4.78 is 0. The summed E-state index contributed by atoms with van der Waals surface area (Å²) in [6.45, 7) is 6.06. The largest absolute Gasteiger partial charge is 0.481 e. The van der Waals surface area contributed by atoms with Gasteiger partial charge in [0.25, 0.3) is 0 Å². The summed E-state index contributed by atoms with van der Waals surface area (Å²) in [5, 5.41) is 8.85. The molecule has 0 aliphatic heterocycles. The first-order chi connectivity index (χ1) is 7.00. The Morgan fingerprint density at radius 2 is 1.69 bits per heavy atom. The van der Waals surface area contributed by atoms with E-state index in [9.17, 15) is 4.79 Å². The van der Waals surface area contributed by atoms with Crippen molar-refractivity contribution >= 4 is 5.97 Å². The number of carbonyl (C=O) groups is 1. The van der Waals surface area contributed by atoms with Crippen LogP contribution >= 0.6 is 0 Å². The molecule has 0 fully saturated rings. The van der Waals surface area contributed by atoms with Crippen molar-refractivity contribution in [1.29, 1.82) is 0 Å². The van der Waals surface area contributed by atoms with Gasteiger partial charge in [0.05, 0.1) is 5.92 Å². The van der Waals surface area contributed by atoms with Crippen LogP contribution in [0.25, 0.3) is 0 Å². The highest BCUT2D eigenvalue weighted by atomic mass is 16.4. The van der Waals surface area contributed by atoms with Crippen LogP contribution in [0.3, 0.4) is 0 Å². The van der Waals surface area contributed by atoms with Crippen molar-refractivity contribution in [1.82, 2.24) is 0 Å². The Balaban J connectivity index is 0.00000225. The Morgan fingerprint density at radius 1 is 1.19 bits per heavy atom. The molecule has 0 heterocycles. The summed E-state index contributed by atoms with van der Waals surface area (Å²) >= 11 is 0. The van der Waals surface area contributed by atoms with E-state index in [0.717, 1.165) is 12.0 Å². The highest BCUT2D eigenvalue weighted by molar-refractivity contribution is 5.75. The number of hydrogen-bond donors (Lipinski definition) is 1. The summed E-state index contributed by atoms with van der Waals surface area (Å²) in [6.07, 6.45) is 1.04. The van der Waals surface area contributed by atoms with E-state index in [0.29, 0.717) is 5.92 Å². The van der Waals surface area contributed by atoms with E-state index < -0.39 is 11.9 Å². The molecule has 0 bridgehead atoms. The molecule has 2 nitrogen and oxygen atoms in total. The minimum absolute atomic E-state index is 0. The van der Waals surface area contributed by atoms with Gasteiger partial charge in [0.2, 0.25) is 0 Å². The van der Waals surface area contributed by atoms with E-state index in [-0.39, 0.29) is 7.43 Å². The number of carboxylic acid groups (broad SMARTS) is 1. The number of carboxylic acids is 1. The molecule has 0 spiro atoms. The number of hydrogen-bond acceptors (Lipinski definition) is 1. The first kappa shape index (κ1) is 14.7. The lowest BCUT2D eigenvalue weighted by atomic mass is 9.97. The molecular weight excluding hydrogens is 200 g/mol. The van der Waals surface area contributed by atoms with Crippen LogP contribution in [0.1, 0.15) is 37.8 Å². The highest BCUT2D eigenvalue weighted by Gasteiger charge is 2.12. The minimum atomic E-state index is -0.772. The zero-order chi connectivity index (χ0) is 11.4. The lowest BCUT2D eigenvalue weighted by Gasteiger charge is -2.09. The van der Waals surface area contributed by atoms with Crippen LogP contribution in [0, 0.1) is 13.3 Å². The van der Waals surface area contributed by atoms with Gasteiger partial charge in [0.15, 0.2) is 0 Å². The highest BCUT2D eigenvalue weighted by Crippen LogP contribution is 2.17. The molecule has 0 saturated carbocycles. The van der Waals surface area contributed by atoms with Crippen molar-refractivity contribution in [2.45, 2.75) is 33.1 Å². The average molecular weight is 218 g/mol. The second-order valence-corrected chi connectivity index (χ2v) is 4.40. The molecule has 16 heavy (non-hydrogen) atoms. The van der Waals surface area contributed by atoms with Crippen LogP contribution in [0.5, 0.6) is 0 Å². The Kier molecular flexibility index (Phi) is 5.79. The van der Waals surface area contributed by atoms with Gasteiger partial charge in [-0.3, -0.25) is 4.79 Å². The Bertz CT molecular complexity index is 325. The topological polar surface area (TPSA) is 37.3 Å².